The molecule has 2 aromatic rings. The summed E-state index contributed by atoms with van der Waals surface area (Å²) in [4.78, 5) is 0.181. The van der Waals surface area contributed by atoms with Gasteiger partial charge >= 0.3 is 0 Å². The first-order chi connectivity index (χ1) is 11.7. The van der Waals surface area contributed by atoms with Gasteiger partial charge in [0, 0.05) is 24.3 Å². The standard InChI is InChI=1S/C16H20ClN5O2S/c1-10-8-16(2,9-18)22-15(20-10)13(14(19-3)21-22)25(23,24)12-6-4-5-11(17)7-12/h4-8,20H,9,18H2,1-3H3,(H,19,21). The molecule has 0 aliphatic carbocycles. The smallest absolute Gasteiger partial charge is 0.214 e. The van der Waals surface area contributed by atoms with Crippen LogP contribution < -0.4 is 16.4 Å². The van der Waals surface area contributed by atoms with Crippen molar-refractivity contribution in [1.29, 1.82) is 0 Å². The Balaban J connectivity index is 2.29. The van der Waals surface area contributed by atoms with Crippen LogP contribution >= 0.6 is 11.6 Å². The SMILES string of the molecule is CNc1nn2c(c1S(=O)(=O)c1cccc(Cl)c1)NC(C)=CC2(C)CN. The Hall–Kier alpha value is -2.03. The third-order valence-corrected chi connectivity index (χ3v) is 6.23. The van der Waals surface area contributed by atoms with Crippen LogP contribution in [-0.2, 0) is 15.4 Å². The van der Waals surface area contributed by atoms with Gasteiger partial charge in [-0.3, -0.25) is 0 Å². The number of sulfone groups is 1. The summed E-state index contributed by atoms with van der Waals surface area (Å²) >= 11 is 5.98. The molecule has 2 heterocycles. The van der Waals surface area contributed by atoms with E-state index >= 15 is 0 Å². The van der Waals surface area contributed by atoms with Gasteiger partial charge in [0.15, 0.2) is 16.5 Å². The van der Waals surface area contributed by atoms with Gasteiger partial charge in [0.1, 0.15) is 0 Å². The molecule has 0 saturated carbocycles. The number of hydrogen-bond acceptors (Lipinski definition) is 6. The predicted molar refractivity (Wildman–Crippen MR) is 98.8 cm³/mol. The van der Waals surface area contributed by atoms with Crippen LogP contribution in [0.15, 0.2) is 45.8 Å². The van der Waals surface area contributed by atoms with E-state index in [9.17, 15) is 8.42 Å². The number of anilines is 2. The maximum Gasteiger partial charge on any atom is 0.214 e. The molecule has 0 fully saturated rings. The predicted octanol–water partition coefficient (Wildman–Crippen LogP) is 2.41. The van der Waals surface area contributed by atoms with E-state index in [1.54, 1.807) is 23.9 Å². The van der Waals surface area contributed by atoms with Crippen LogP contribution in [0, 0.1) is 0 Å². The summed E-state index contributed by atoms with van der Waals surface area (Å²) in [6.45, 7) is 4.04. The van der Waals surface area contributed by atoms with Crippen molar-refractivity contribution in [2.24, 2.45) is 5.73 Å². The minimum absolute atomic E-state index is 0.0735. The minimum Gasteiger partial charge on any atom is -0.371 e. The molecule has 0 amide bonds. The van der Waals surface area contributed by atoms with Gasteiger partial charge in [0.2, 0.25) is 9.84 Å². The second kappa shape index (κ2) is 6.05. The van der Waals surface area contributed by atoms with E-state index in [1.165, 1.54) is 12.1 Å². The fourth-order valence-electron chi connectivity index (χ4n) is 2.95. The molecule has 3 rings (SSSR count). The van der Waals surface area contributed by atoms with Crippen LogP contribution in [0.5, 0.6) is 0 Å². The zero-order valence-corrected chi connectivity index (χ0v) is 15.7. The molecule has 1 aliphatic rings. The Morgan fingerprint density at radius 3 is 2.76 bits per heavy atom. The molecule has 0 saturated heterocycles. The van der Waals surface area contributed by atoms with Gasteiger partial charge in [-0.1, -0.05) is 17.7 Å². The molecule has 134 valence electrons. The second-order valence-corrected chi connectivity index (χ2v) is 8.49. The van der Waals surface area contributed by atoms with Crippen molar-refractivity contribution >= 4 is 33.1 Å². The summed E-state index contributed by atoms with van der Waals surface area (Å²) in [7, 11) is -2.21. The van der Waals surface area contributed by atoms with Gasteiger partial charge in [-0.25, -0.2) is 13.1 Å². The summed E-state index contributed by atoms with van der Waals surface area (Å²) in [6, 6.07) is 6.17. The van der Waals surface area contributed by atoms with Gasteiger partial charge in [-0.05, 0) is 38.1 Å². The van der Waals surface area contributed by atoms with Crippen LogP contribution in [0.4, 0.5) is 11.6 Å². The highest BCUT2D eigenvalue weighted by Gasteiger charge is 2.38. The van der Waals surface area contributed by atoms with Gasteiger partial charge in [0.05, 0.1) is 10.4 Å². The highest BCUT2D eigenvalue weighted by Crippen LogP contribution is 2.40. The average Bonchev–Trinajstić information content (AvgIpc) is 2.94. The summed E-state index contributed by atoms with van der Waals surface area (Å²) in [5.74, 6) is 0.641. The summed E-state index contributed by atoms with van der Waals surface area (Å²) in [6.07, 6.45) is 1.93. The molecule has 4 N–H and O–H groups in total. The maximum absolute atomic E-state index is 13.3. The lowest BCUT2D eigenvalue weighted by Crippen LogP contribution is -2.41. The lowest BCUT2D eigenvalue weighted by Gasteiger charge is -2.32. The fraction of sp³-hybridized carbons (Fsp3) is 0.312. The van der Waals surface area contributed by atoms with Crippen molar-refractivity contribution in [3.8, 4) is 0 Å². The maximum atomic E-state index is 13.3. The van der Waals surface area contributed by atoms with E-state index in [0.717, 1.165) is 5.70 Å². The Labute approximate surface area is 151 Å². The topological polar surface area (TPSA) is 102 Å². The molecule has 1 atom stereocenters. The third-order valence-electron chi connectivity index (χ3n) is 4.19. The van der Waals surface area contributed by atoms with E-state index in [0.29, 0.717) is 10.8 Å². The van der Waals surface area contributed by atoms with Crippen molar-refractivity contribution in [2.45, 2.75) is 29.2 Å². The quantitative estimate of drug-likeness (QED) is 0.751. The summed E-state index contributed by atoms with van der Waals surface area (Å²) in [5, 5.41) is 10.8. The minimum atomic E-state index is -3.85. The van der Waals surface area contributed by atoms with Crippen molar-refractivity contribution < 1.29 is 8.42 Å². The Morgan fingerprint density at radius 2 is 2.16 bits per heavy atom. The largest absolute Gasteiger partial charge is 0.371 e. The van der Waals surface area contributed by atoms with Crippen LogP contribution in [0.3, 0.4) is 0 Å². The van der Waals surface area contributed by atoms with E-state index in [4.69, 9.17) is 17.3 Å². The van der Waals surface area contributed by atoms with E-state index in [1.807, 2.05) is 19.9 Å². The number of benzene rings is 1. The van der Waals surface area contributed by atoms with E-state index in [2.05, 4.69) is 15.7 Å². The number of nitrogens with two attached hydrogens (primary N) is 1. The van der Waals surface area contributed by atoms with Crippen LogP contribution in [0.1, 0.15) is 13.8 Å². The number of allylic oxidation sites excluding steroid dienone is 1. The van der Waals surface area contributed by atoms with Gasteiger partial charge in [-0.15, -0.1) is 0 Å². The van der Waals surface area contributed by atoms with Crippen LogP contribution in [-0.4, -0.2) is 31.8 Å². The first-order valence-electron chi connectivity index (χ1n) is 7.71. The molecular weight excluding hydrogens is 362 g/mol. The normalized spacial score (nSPS) is 19.8. The number of fused-ring (bicyclic) bond motifs is 1. The molecule has 0 radical (unpaired) electrons. The number of nitrogens with zero attached hydrogens (tertiary/aromatic N) is 2. The van der Waals surface area contributed by atoms with E-state index < -0.39 is 15.4 Å². The first-order valence-corrected chi connectivity index (χ1v) is 9.57. The Kier molecular flexibility index (Phi) is 4.30. The van der Waals surface area contributed by atoms with Gasteiger partial charge < -0.3 is 16.4 Å². The lowest BCUT2D eigenvalue weighted by atomic mass is 10.00. The summed E-state index contributed by atoms with van der Waals surface area (Å²) in [5.41, 5.74) is 6.12. The highest BCUT2D eigenvalue weighted by molar-refractivity contribution is 7.91. The molecule has 0 spiro atoms. The monoisotopic (exact) mass is 381 g/mol. The average molecular weight is 382 g/mol. The number of aromatic nitrogens is 2. The van der Waals surface area contributed by atoms with Gasteiger partial charge in [-0.2, -0.15) is 5.10 Å². The third kappa shape index (κ3) is 2.80. The molecular formula is C16H20ClN5O2S. The number of nitrogens with one attached hydrogen (secondary N) is 2. The van der Waals surface area contributed by atoms with Crippen LogP contribution in [0.25, 0.3) is 0 Å². The molecule has 0 bridgehead atoms. The van der Waals surface area contributed by atoms with Crippen molar-refractivity contribution in [2.75, 3.05) is 24.2 Å². The molecule has 1 aromatic carbocycles. The first kappa shape index (κ1) is 17.8. The molecule has 7 nitrogen and oxygen atoms in total. The molecule has 1 aromatic heterocycles. The lowest BCUT2D eigenvalue weighted by molar-refractivity contribution is 0.376. The van der Waals surface area contributed by atoms with Gasteiger partial charge in [0.25, 0.3) is 0 Å². The second-order valence-electron chi connectivity index (χ2n) is 6.16. The molecule has 25 heavy (non-hydrogen) atoms. The number of rotatable bonds is 4. The fourth-order valence-corrected chi connectivity index (χ4v) is 4.77. The Morgan fingerprint density at radius 1 is 1.44 bits per heavy atom. The zero-order chi connectivity index (χ0) is 18.4. The zero-order valence-electron chi connectivity index (χ0n) is 14.2. The van der Waals surface area contributed by atoms with Crippen molar-refractivity contribution in [3.05, 3.63) is 41.1 Å². The molecule has 9 heteroatoms. The molecule has 1 aliphatic heterocycles. The van der Waals surface area contributed by atoms with E-state index in [-0.39, 0.29) is 22.2 Å². The van der Waals surface area contributed by atoms with Crippen LogP contribution in [0.2, 0.25) is 5.02 Å². The summed E-state index contributed by atoms with van der Waals surface area (Å²) < 4.78 is 28.1. The molecule has 1 unspecified atom stereocenters. The highest BCUT2D eigenvalue weighted by atomic mass is 35.5. The number of hydrogen-bond donors (Lipinski definition) is 3. The Bertz CT molecular complexity index is 967. The number of halogens is 1. The van der Waals surface area contributed by atoms with Crippen molar-refractivity contribution in [1.82, 2.24) is 9.78 Å². The van der Waals surface area contributed by atoms with Crippen molar-refractivity contribution in [3.63, 3.8) is 0 Å².